The van der Waals surface area contributed by atoms with Gasteiger partial charge in [-0.15, -0.1) is 0 Å². The molecule has 2 aromatic carbocycles. The van der Waals surface area contributed by atoms with Gasteiger partial charge in [0.2, 0.25) is 0 Å². The van der Waals surface area contributed by atoms with E-state index in [0.717, 1.165) is 6.07 Å². The Morgan fingerprint density at radius 3 is 2.48 bits per heavy atom. The molecule has 0 saturated carbocycles. The minimum absolute atomic E-state index is 0.109. The van der Waals surface area contributed by atoms with Crippen LogP contribution in [-0.4, -0.2) is 24.7 Å². The highest BCUT2D eigenvalue weighted by Crippen LogP contribution is 2.47. The average Bonchev–Trinajstić information content (AvgIpc) is 3.06. The van der Waals surface area contributed by atoms with Crippen molar-refractivity contribution in [3.8, 4) is 5.75 Å². The molecule has 0 fully saturated rings. The molecule has 31 heavy (non-hydrogen) atoms. The molecule has 0 saturated heterocycles. The van der Waals surface area contributed by atoms with E-state index in [1.807, 2.05) is 0 Å². The zero-order chi connectivity index (χ0) is 22.9. The molecule has 0 spiro atoms. The molecule has 0 amide bonds. The van der Waals surface area contributed by atoms with Crippen LogP contribution in [0.4, 0.5) is 18.9 Å². The van der Waals surface area contributed by atoms with Crippen LogP contribution in [-0.2, 0) is 15.5 Å². The van der Waals surface area contributed by atoms with Gasteiger partial charge in [-0.05, 0) is 39.7 Å². The maximum atomic E-state index is 13.3. The minimum atomic E-state index is -5.89. The summed E-state index contributed by atoms with van der Waals surface area (Å²) in [6, 6.07) is 7.25. The normalized spacial score (nSPS) is 15.3. The van der Waals surface area contributed by atoms with E-state index in [4.69, 9.17) is 6.57 Å². The molecule has 0 atom stereocenters. The minimum Gasteiger partial charge on any atom is -0.375 e. The number of fused-ring (bicyclic) bond motifs is 4. The molecule has 1 heterocycles. The van der Waals surface area contributed by atoms with Crippen molar-refractivity contribution < 1.29 is 30.6 Å². The Kier molecular flexibility index (Phi) is 4.54. The van der Waals surface area contributed by atoms with Crippen LogP contribution in [0, 0.1) is 6.57 Å². The van der Waals surface area contributed by atoms with E-state index >= 15 is 0 Å². The second-order valence-electron chi connectivity index (χ2n) is 7.48. The lowest BCUT2D eigenvalue weighted by molar-refractivity contribution is -0.0500. The van der Waals surface area contributed by atoms with E-state index in [0.29, 0.717) is 33.4 Å². The molecule has 0 aliphatic heterocycles. The highest BCUT2D eigenvalue weighted by atomic mass is 79.9. The predicted octanol–water partition coefficient (Wildman–Crippen LogP) is 5.58. The summed E-state index contributed by atoms with van der Waals surface area (Å²) in [6.07, 6.45) is 0. The molecule has 1 aromatic heterocycles. The van der Waals surface area contributed by atoms with Gasteiger partial charge in [-0.2, -0.15) is 21.6 Å². The first kappa shape index (κ1) is 21.4. The van der Waals surface area contributed by atoms with Gasteiger partial charge in [-0.3, -0.25) is 4.79 Å². The fourth-order valence-corrected chi connectivity index (χ4v) is 4.72. The van der Waals surface area contributed by atoms with Crippen molar-refractivity contribution >= 4 is 48.4 Å². The highest BCUT2D eigenvalue weighted by molar-refractivity contribution is 9.10. The van der Waals surface area contributed by atoms with Crippen molar-refractivity contribution in [1.82, 2.24) is 4.98 Å². The summed E-state index contributed by atoms with van der Waals surface area (Å²) >= 11 is 3.01. The van der Waals surface area contributed by atoms with Gasteiger partial charge in [-0.1, -0.05) is 26.0 Å². The van der Waals surface area contributed by atoms with E-state index in [1.165, 1.54) is 6.07 Å². The Hall–Kier alpha value is -2.84. The molecule has 1 aliphatic rings. The molecule has 0 unspecified atom stereocenters. The van der Waals surface area contributed by atoms with Crippen molar-refractivity contribution in [3.05, 3.63) is 68.6 Å². The zero-order valence-corrected chi connectivity index (χ0v) is 18.3. The molecule has 1 aliphatic carbocycles. The number of nitrogens with zero attached hydrogens (tertiary/aromatic N) is 1. The first-order valence-corrected chi connectivity index (χ1v) is 10.9. The molecule has 0 radical (unpaired) electrons. The summed E-state index contributed by atoms with van der Waals surface area (Å²) in [5.41, 5.74) is -4.14. The largest absolute Gasteiger partial charge is 0.534 e. The van der Waals surface area contributed by atoms with Crippen LogP contribution in [0.3, 0.4) is 0 Å². The fraction of sp³-hybridized carbons (Fsp3) is 0.200. The van der Waals surface area contributed by atoms with Crippen LogP contribution in [0.1, 0.15) is 41.0 Å². The summed E-state index contributed by atoms with van der Waals surface area (Å²) < 4.78 is 65.5. The van der Waals surface area contributed by atoms with Crippen LogP contribution in [0.15, 0.2) is 34.8 Å². The van der Waals surface area contributed by atoms with Gasteiger partial charge in [0, 0.05) is 27.6 Å². The van der Waals surface area contributed by atoms with Crippen molar-refractivity contribution in [2.24, 2.45) is 0 Å². The van der Waals surface area contributed by atoms with Crippen molar-refractivity contribution in [3.63, 3.8) is 0 Å². The number of halogens is 4. The molecule has 0 bridgehead atoms. The zero-order valence-electron chi connectivity index (χ0n) is 15.9. The summed E-state index contributed by atoms with van der Waals surface area (Å²) in [6.45, 7) is 10.7. The first-order chi connectivity index (χ1) is 14.3. The topological polar surface area (TPSA) is 80.6 Å². The Labute approximate surface area is 183 Å². The lowest BCUT2D eigenvalue weighted by atomic mass is 9.71. The number of aromatic amines is 1. The maximum Gasteiger partial charge on any atom is 0.534 e. The van der Waals surface area contributed by atoms with E-state index in [-0.39, 0.29) is 15.8 Å². The second-order valence-corrected chi connectivity index (χ2v) is 9.87. The van der Waals surface area contributed by atoms with Crippen LogP contribution in [0.5, 0.6) is 5.75 Å². The van der Waals surface area contributed by atoms with E-state index in [2.05, 4.69) is 29.9 Å². The number of ketones is 1. The van der Waals surface area contributed by atoms with Crippen LogP contribution in [0.25, 0.3) is 15.7 Å². The van der Waals surface area contributed by atoms with Gasteiger partial charge >= 0.3 is 15.6 Å². The first-order valence-electron chi connectivity index (χ1n) is 8.71. The Balaban J connectivity index is 1.93. The van der Waals surface area contributed by atoms with Crippen LogP contribution >= 0.6 is 15.9 Å². The van der Waals surface area contributed by atoms with Crippen LogP contribution < -0.4 is 4.18 Å². The molecule has 11 heteroatoms. The molecule has 160 valence electrons. The molecule has 3 aromatic rings. The lowest BCUT2D eigenvalue weighted by Gasteiger charge is -2.32. The fourth-order valence-electron chi connectivity index (χ4n) is 3.72. The molecular weight excluding hydrogens is 501 g/mol. The number of carbonyl (C=O) groups is 1. The summed E-state index contributed by atoms with van der Waals surface area (Å²) in [5, 5.41) is 0.613. The number of alkyl halides is 3. The van der Waals surface area contributed by atoms with Gasteiger partial charge in [0.05, 0.1) is 16.6 Å². The Morgan fingerprint density at radius 1 is 1.19 bits per heavy atom. The third kappa shape index (κ3) is 3.13. The molecule has 4 rings (SSSR count). The maximum absolute atomic E-state index is 13.3. The van der Waals surface area contributed by atoms with E-state index in [9.17, 15) is 26.4 Å². The number of H-pyrrole nitrogens is 1. The molecule has 1 N–H and O–H groups in total. The summed E-state index contributed by atoms with van der Waals surface area (Å²) in [7, 11) is -5.89. The van der Waals surface area contributed by atoms with Gasteiger partial charge < -0.3 is 9.17 Å². The Bertz CT molecular complexity index is 1430. The lowest BCUT2D eigenvalue weighted by Crippen LogP contribution is -2.31. The summed E-state index contributed by atoms with van der Waals surface area (Å²) in [4.78, 5) is 19.8. The van der Waals surface area contributed by atoms with Crippen molar-refractivity contribution in [2.45, 2.75) is 24.8 Å². The molecule has 6 nitrogen and oxygen atoms in total. The van der Waals surface area contributed by atoms with Crippen LogP contribution in [0.2, 0.25) is 0 Å². The average molecular weight is 513 g/mol. The Morgan fingerprint density at radius 2 is 1.87 bits per heavy atom. The highest BCUT2D eigenvalue weighted by Gasteiger charge is 2.49. The number of hydrogen-bond acceptors (Lipinski definition) is 4. The SMILES string of the molecule is [C-]#[N+]c1ccc2c3c([nH]c2c1)C(C)(C)c1cc(OS(=O)(=O)C(F)(F)F)c(Br)cc1C3=O. The van der Waals surface area contributed by atoms with Gasteiger partial charge in [0.25, 0.3) is 0 Å². The smallest absolute Gasteiger partial charge is 0.375 e. The monoisotopic (exact) mass is 512 g/mol. The number of benzene rings is 2. The number of rotatable bonds is 2. The quantitative estimate of drug-likeness (QED) is 0.276. The predicted molar refractivity (Wildman–Crippen MR) is 110 cm³/mol. The van der Waals surface area contributed by atoms with Gasteiger partial charge in [-0.25, -0.2) is 4.85 Å². The van der Waals surface area contributed by atoms with E-state index in [1.54, 1.807) is 32.0 Å². The van der Waals surface area contributed by atoms with E-state index < -0.39 is 26.8 Å². The number of hydrogen-bond donors (Lipinski definition) is 1. The second kappa shape index (κ2) is 6.58. The van der Waals surface area contributed by atoms with Gasteiger partial charge in [0.15, 0.2) is 17.2 Å². The third-order valence-corrected chi connectivity index (χ3v) is 6.82. The van der Waals surface area contributed by atoms with Gasteiger partial charge in [0.1, 0.15) is 0 Å². The standard InChI is InChI=1S/C20H12BrF3N2O4S/c1-19(2)12-8-15(30-31(28,29)20(22,23)24)13(21)7-11(12)17(27)16-10-5-4-9(25-3)6-14(10)26-18(16)19/h4-8,26H,1-2H3. The van der Waals surface area contributed by atoms with Crippen molar-refractivity contribution in [2.75, 3.05) is 0 Å². The number of nitrogens with one attached hydrogen (secondary N) is 1. The number of aromatic nitrogens is 1. The number of carbonyl (C=O) groups excluding carboxylic acids is 1. The summed E-state index contributed by atoms with van der Waals surface area (Å²) in [5.74, 6) is -0.955. The third-order valence-electron chi connectivity index (χ3n) is 5.24. The molecular formula is C20H12BrF3N2O4S. The van der Waals surface area contributed by atoms with Crippen molar-refractivity contribution in [1.29, 1.82) is 0 Å².